The number of ether oxygens (including phenoxy) is 1. The minimum Gasteiger partial charge on any atom is -0.497 e. The number of ketones is 1. The maximum Gasteiger partial charge on any atom is 0.143 e. The van der Waals surface area contributed by atoms with Crippen LogP contribution in [0.1, 0.15) is 55.2 Å². The molecule has 0 amide bonds. The highest BCUT2D eigenvalue weighted by molar-refractivity contribution is 5.89. The third-order valence-electron chi connectivity index (χ3n) is 8.36. The van der Waals surface area contributed by atoms with E-state index < -0.39 is 0 Å². The van der Waals surface area contributed by atoms with E-state index in [0.717, 1.165) is 44.5 Å². The van der Waals surface area contributed by atoms with E-state index in [1.165, 1.54) is 23.1 Å². The number of benzene rings is 2. The summed E-state index contributed by atoms with van der Waals surface area (Å²) in [4.78, 5) is 13.5. The Morgan fingerprint density at radius 2 is 1.97 bits per heavy atom. The number of hydrogen-bond donors (Lipinski definition) is 1. The van der Waals surface area contributed by atoms with Gasteiger partial charge in [-0.25, -0.2) is 0 Å². The van der Waals surface area contributed by atoms with E-state index in [9.17, 15) is 4.79 Å². The van der Waals surface area contributed by atoms with Crippen molar-refractivity contribution in [1.29, 1.82) is 0 Å². The summed E-state index contributed by atoms with van der Waals surface area (Å²) < 4.78 is 5.45. The molecule has 0 aromatic heterocycles. The third kappa shape index (κ3) is 3.28. The quantitative estimate of drug-likeness (QED) is 0.751. The highest BCUT2D eigenvalue weighted by atomic mass is 16.5. The standard InChI is InChI=1S/C27H33NO2/c1-27-13-12-23-22-11-9-21(30-2)14-19(22)8-10-24(23)25(27)15-20(26(27)29)17-28-16-18-6-4-3-5-7-18/h3-7,9,11,14,20,23-25,28H,8,10,12-13,15-17H2,1-2H3/t20-,23-,24-,25+,27+/m1/s1. The van der Waals surface area contributed by atoms with Crippen LogP contribution in [0.3, 0.4) is 0 Å². The topological polar surface area (TPSA) is 38.3 Å². The molecular formula is C27H33NO2. The lowest BCUT2D eigenvalue weighted by atomic mass is 9.55. The van der Waals surface area contributed by atoms with Gasteiger partial charge in [0.05, 0.1) is 7.11 Å². The molecule has 3 heteroatoms. The van der Waals surface area contributed by atoms with Gasteiger partial charge >= 0.3 is 0 Å². The van der Waals surface area contributed by atoms with E-state index >= 15 is 0 Å². The zero-order valence-corrected chi connectivity index (χ0v) is 18.2. The monoisotopic (exact) mass is 403 g/mol. The molecule has 0 heterocycles. The molecule has 2 fully saturated rings. The average Bonchev–Trinajstić information content (AvgIpc) is 3.04. The first kappa shape index (κ1) is 19.8. The molecule has 0 spiro atoms. The second-order valence-corrected chi connectivity index (χ2v) is 9.85. The normalized spacial score (nSPS) is 32.3. The van der Waals surface area contributed by atoms with E-state index in [4.69, 9.17) is 4.74 Å². The predicted octanol–water partition coefficient (Wildman–Crippen LogP) is 5.14. The predicted molar refractivity (Wildman–Crippen MR) is 120 cm³/mol. The molecular weight excluding hydrogens is 370 g/mol. The van der Waals surface area contributed by atoms with Gasteiger partial charge in [0.1, 0.15) is 11.5 Å². The van der Waals surface area contributed by atoms with Crippen molar-refractivity contribution in [3.63, 3.8) is 0 Å². The molecule has 0 bridgehead atoms. The zero-order chi connectivity index (χ0) is 20.7. The van der Waals surface area contributed by atoms with Crippen molar-refractivity contribution in [3.8, 4) is 5.75 Å². The number of aryl methyl sites for hydroxylation is 1. The van der Waals surface area contributed by atoms with E-state index in [2.05, 4.69) is 54.7 Å². The number of hydrogen-bond acceptors (Lipinski definition) is 3. The highest BCUT2D eigenvalue weighted by Crippen LogP contribution is 2.60. The number of methoxy groups -OCH3 is 1. The minimum absolute atomic E-state index is 0.121. The van der Waals surface area contributed by atoms with Crippen LogP contribution in [-0.2, 0) is 17.8 Å². The molecule has 3 aliphatic rings. The van der Waals surface area contributed by atoms with Crippen LogP contribution in [0, 0.1) is 23.2 Å². The van der Waals surface area contributed by atoms with Gasteiger partial charge < -0.3 is 10.1 Å². The molecule has 2 saturated carbocycles. The van der Waals surface area contributed by atoms with E-state index in [1.54, 1.807) is 7.11 Å². The van der Waals surface area contributed by atoms with E-state index in [-0.39, 0.29) is 11.3 Å². The van der Waals surface area contributed by atoms with Crippen LogP contribution in [0.25, 0.3) is 0 Å². The van der Waals surface area contributed by atoms with Crippen LogP contribution >= 0.6 is 0 Å². The number of nitrogens with one attached hydrogen (secondary N) is 1. The third-order valence-corrected chi connectivity index (χ3v) is 8.36. The maximum absolute atomic E-state index is 13.5. The smallest absolute Gasteiger partial charge is 0.143 e. The van der Waals surface area contributed by atoms with Crippen molar-refractivity contribution in [2.45, 2.75) is 51.5 Å². The fourth-order valence-electron chi connectivity index (χ4n) is 6.79. The average molecular weight is 404 g/mol. The summed E-state index contributed by atoms with van der Waals surface area (Å²) in [6, 6.07) is 17.1. The van der Waals surface area contributed by atoms with Gasteiger partial charge in [-0.05, 0) is 78.7 Å². The van der Waals surface area contributed by atoms with Crippen LogP contribution in [0.15, 0.2) is 48.5 Å². The number of carbonyl (C=O) groups is 1. The van der Waals surface area contributed by atoms with Gasteiger partial charge in [-0.15, -0.1) is 0 Å². The number of carbonyl (C=O) groups excluding carboxylic acids is 1. The lowest BCUT2D eigenvalue weighted by molar-refractivity contribution is -0.131. The van der Waals surface area contributed by atoms with Crippen molar-refractivity contribution >= 4 is 5.78 Å². The summed E-state index contributed by atoms with van der Waals surface area (Å²) in [5, 5.41) is 3.57. The molecule has 158 valence electrons. The minimum atomic E-state index is -0.121. The second kappa shape index (κ2) is 7.85. The summed E-state index contributed by atoms with van der Waals surface area (Å²) in [5.41, 5.74) is 4.15. The summed E-state index contributed by atoms with van der Waals surface area (Å²) >= 11 is 0. The van der Waals surface area contributed by atoms with Gasteiger partial charge in [-0.3, -0.25) is 4.79 Å². The van der Waals surface area contributed by atoms with E-state index in [1.807, 2.05) is 6.07 Å². The zero-order valence-electron chi connectivity index (χ0n) is 18.2. The van der Waals surface area contributed by atoms with Gasteiger partial charge in [0.2, 0.25) is 0 Å². The van der Waals surface area contributed by atoms with Gasteiger partial charge in [-0.1, -0.05) is 43.3 Å². The first-order valence-electron chi connectivity index (χ1n) is 11.6. The molecule has 5 rings (SSSR count). The summed E-state index contributed by atoms with van der Waals surface area (Å²) in [5.74, 6) is 3.44. The molecule has 0 aliphatic heterocycles. The molecule has 0 saturated heterocycles. The highest BCUT2D eigenvalue weighted by Gasteiger charge is 2.57. The van der Waals surface area contributed by atoms with Crippen molar-refractivity contribution in [2.75, 3.05) is 13.7 Å². The molecule has 0 unspecified atom stereocenters. The first-order valence-corrected chi connectivity index (χ1v) is 11.6. The van der Waals surface area contributed by atoms with Crippen molar-refractivity contribution in [2.24, 2.45) is 23.2 Å². The fraction of sp³-hybridized carbons (Fsp3) is 0.519. The maximum atomic E-state index is 13.5. The molecule has 2 aromatic carbocycles. The van der Waals surface area contributed by atoms with E-state index in [0.29, 0.717) is 23.5 Å². The summed E-state index contributed by atoms with van der Waals surface area (Å²) in [6.07, 6.45) is 5.57. The van der Waals surface area contributed by atoms with Gasteiger partial charge in [0.15, 0.2) is 0 Å². The molecule has 0 radical (unpaired) electrons. The van der Waals surface area contributed by atoms with Crippen molar-refractivity contribution < 1.29 is 9.53 Å². The number of Topliss-reactive ketones (excluding diaryl/α,β-unsaturated/α-hetero) is 1. The Balaban J connectivity index is 1.30. The first-order chi connectivity index (χ1) is 14.6. The Morgan fingerprint density at radius 3 is 2.77 bits per heavy atom. The van der Waals surface area contributed by atoms with Crippen LogP contribution in [0.5, 0.6) is 5.75 Å². The molecule has 30 heavy (non-hydrogen) atoms. The Labute approximate surface area is 180 Å². The molecule has 1 N–H and O–H groups in total. The lowest BCUT2D eigenvalue weighted by Crippen LogP contribution is -2.43. The lowest BCUT2D eigenvalue weighted by Gasteiger charge is -2.48. The van der Waals surface area contributed by atoms with Crippen LogP contribution in [0.4, 0.5) is 0 Å². The summed E-state index contributed by atoms with van der Waals surface area (Å²) in [7, 11) is 1.75. The SMILES string of the molecule is COc1ccc2c(c1)CC[C@@H]1[C@@H]2CC[C@]2(C)C(=O)[C@@H](CNCc3ccccc3)C[C@@H]12. The van der Waals surface area contributed by atoms with Gasteiger partial charge in [0, 0.05) is 24.4 Å². The molecule has 3 nitrogen and oxygen atoms in total. The van der Waals surface area contributed by atoms with Crippen LogP contribution in [0.2, 0.25) is 0 Å². The Bertz CT molecular complexity index is 924. The van der Waals surface area contributed by atoms with Crippen LogP contribution in [-0.4, -0.2) is 19.4 Å². The van der Waals surface area contributed by atoms with Crippen LogP contribution < -0.4 is 10.1 Å². The molecule has 3 aliphatic carbocycles. The second-order valence-electron chi connectivity index (χ2n) is 9.85. The largest absolute Gasteiger partial charge is 0.497 e. The molecule has 5 atom stereocenters. The summed E-state index contributed by atoms with van der Waals surface area (Å²) in [6.45, 7) is 3.93. The van der Waals surface area contributed by atoms with Crippen molar-refractivity contribution in [1.82, 2.24) is 5.32 Å². The van der Waals surface area contributed by atoms with Crippen molar-refractivity contribution in [3.05, 3.63) is 65.2 Å². The fourth-order valence-corrected chi connectivity index (χ4v) is 6.79. The van der Waals surface area contributed by atoms with Gasteiger partial charge in [0.25, 0.3) is 0 Å². The number of fused-ring (bicyclic) bond motifs is 5. The molecule has 2 aromatic rings. The van der Waals surface area contributed by atoms with Gasteiger partial charge in [-0.2, -0.15) is 0 Å². The Morgan fingerprint density at radius 1 is 1.13 bits per heavy atom. The Kier molecular flexibility index (Phi) is 5.18. The number of rotatable bonds is 5. The Hall–Kier alpha value is -2.13.